The van der Waals surface area contributed by atoms with Gasteiger partial charge in [-0.2, -0.15) is 0 Å². The Balaban J connectivity index is 2.25. The van der Waals surface area contributed by atoms with Gasteiger partial charge in [0.05, 0.1) is 0 Å². The second-order valence-electron chi connectivity index (χ2n) is 4.99. The summed E-state index contributed by atoms with van der Waals surface area (Å²) in [5, 5.41) is 12.3. The normalized spacial score (nSPS) is 11.9. The number of aryl methyl sites for hydroxylation is 1. The minimum Gasteiger partial charge on any atom is -0.409 e. The lowest BCUT2D eigenvalue weighted by atomic mass is 10.0. The van der Waals surface area contributed by atoms with Crippen molar-refractivity contribution in [2.45, 2.75) is 36.7 Å². The summed E-state index contributed by atoms with van der Waals surface area (Å²) in [6, 6.07) is 9.99. The molecule has 21 heavy (non-hydrogen) atoms. The van der Waals surface area contributed by atoms with E-state index in [2.05, 4.69) is 53.2 Å². The highest BCUT2D eigenvalue weighted by Crippen LogP contribution is 2.26. The number of hydrogen-bond donors (Lipinski definition) is 2. The van der Waals surface area contributed by atoms with Gasteiger partial charge in [0.1, 0.15) is 5.69 Å². The highest BCUT2D eigenvalue weighted by atomic mass is 32.2. The van der Waals surface area contributed by atoms with Gasteiger partial charge in [-0.05, 0) is 48.4 Å². The number of aromatic nitrogens is 2. The quantitative estimate of drug-likeness (QED) is 0.298. The maximum Gasteiger partial charge on any atom is 0.193 e. The van der Waals surface area contributed by atoms with Crippen molar-refractivity contribution in [1.82, 2.24) is 9.97 Å². The van der Waals surface area contributed by atoms with E-state index in [9.17, 15) is 0 Å². The minimum absolute atomic E-state index is 0.0162. The molecule has 0 saturated carbocycles. The summed E-state index contributed by atoms with van der Waals surface area (Å²) in [7, 11) is 0. The van der Waals surface area contributed by atoms with Gasteiger partial charge < -0.3 is 10.9 Å². The molecule has 0 aliphatic carbocycles. The monoisotopic (exact) mass is 302 g/mol. The molecule has 0 atom stereocenters. The largest absolute Gasteiger partial charge is 0.409 e. The Hall–Kier alpha value is -2.08. The van der Waals surface area contributed by atoms with E-state index >= 15 is 0 Å². The molecule has 0 aliphatic rings. The molecule has 5 nitrogen and oxygen atoms in total. The molecule has 6 heteroatoms. The van der Waals surface area contributed by atoms with Crippen molar-refractivity contribution in [2.24, 2.45) is 10.9 Å². The van der Waals surface area contributed by atoms with Gasteiger partial charge in [0.2, 0.25) is 0 Å². The van der Waals surface area contributed by atoms with E-state index in [1.165, 1.54) is 17.3 Å². The van der Waals surface area contributed by atoms with E-state index in [0.717, 1.165) is 10.6 Å². The van der Waals surface area contributed by atoms with Crippen molar-refractivity contribution < 1.29 is 5.21 Å². The number of benzene rings is 1. The molecular formula is C15H18N4OS. The summed E-state index contributed by atoms with van der Waals surface area (Å²) < 4.78 is 0. The third-order valence-electron chi connectivity index (χ3n) is 2.96. The first-order chi connectivity index (χ1) is 9.99. The van der Waals surface area contributed by atoms with Crippen molar-refractivity contribution in [3.05, 3.63) is 47.3 Å². The van der Waals surface area contributed by atoms with E-state index in [0.29, 0.717) is 16.8 Å². The topological polar surface area (TPSA) is 84.4 Å². The van der Waals surface area contributed by atoms with E-state index in [1.807, 2.05) is 6.92 Å². The van der Waals surface area contributed by atoms with Crippen LogP contribution in [0.15, 0.2) is 45.5 Å². The molecule has 0 saturated heterocycles. The average molecular weight is 302 g/mol. The lowest BCUT2D eigenvalue weighted by Gasteiger charge is -2.07. The van der Waals surface area contributed by atoms with Crippen molar-refractivity contribution >= 4 is 17.6 Å². The van der Waals surface area contributed by atoms with Crippen molar-refractivity contribution in [2.75, 3.05) is 0 Å². The molecule has 1 aromatic carbocycles. The van der Waals surface area contributed by atoms with Gasteiger partial charge in [-0.3, -0.25) is 0 Å². The smallest absolute Gasteiger partial charge is 0.193 e. The molecule has 0 bridgehead atoms. The highest BCUT2D eigenvalue weighted by molar-refractivity contribution is 7.99. The van der Waals surface area contributed by atoms with E-state index < -0.39 is 0 Å². The van der Waals surface area contributed by atoms with Crippen LogP contribution in [-0.4, -0.2) is 21.0 Å². The number of oxime groups is 1. The number of nitrogens with two attached hydrogens (primary N) is 1. The lowest BCUT2D eigenvalue weighted by Crippen LogP contribution is -2.16. The molecule has 2 aromatic rings. The molecule has 110 valence electrons. The van der Waals surface area contributed by atoms with Crippen molar-refractivity contribution in [3.8, 4) is 0 Å². The predicted molar refractivity (Wildman–Crippen MR) is 83.9 cm³/mol. The molecule has 0 spiro atoms. The predicted octanol–water partition coefficient (Wildman–Crippen LogP) is 3.15. The van der Waals surface area contributed by atoms with Crippen LogP contribution in [0.3, 0.4) is 0 Å². The summed E-state index contributed by atoms with van der Waals surface area (Å²) in [6.45, 7) is 6.17. The van der Waals surface area contributed by atoms with Gasteiger partial charge in [0.15, 0.2) is 11.0 Å². The number of nitrogens with zero attached hydrogens (tertiary/aromatic N) is 3. The molecule has 2 rings (SSSR count). The summed E-state index contributed by atoms with van der Waals surface area (Å²) in [5.74, 6) is 0.490. The second kappa shape index (κ2) is 6.58. The zero-order chi connectivity index (χ0) is 15.4. The molecule has 0 fully saturated rings. The second-order valence-corrected chi connectivity index (χ2v) is 6.03. The van der Waals surface area contributed by atoms with Gasteiger partial charge in [-0.1, -0.05) is 31.1 Å². The Labute approximate surface area is 128 Å². The fourth-order valence-electron chi connectivity index (χ4n) is 1.80. The molecule has 0 amide bonds. The van der Waals surface area contributed by atoms with Gasteiger partial charge in [0, 0.05) is 10.6 Å². The fourth-order valence-corrected chi connectivity index (χ4v) is 2.61. The van der Waals surface area contributed by atoms with Crippen LogP contribution in [0.25, 0.3) is 0 Å². The van der Waals surface area contributed by atoms with Gasteiger partial charge in [-0.25, -0.2) is 9.97 Å². The van der Waals surface area contributed by atoms with Crippen molar-refractivity contribution in [1.29, 1.82) is 0 Å². The number of amidine groups is 1. The number of rotatable bonds is 4. The van der Waals surface area contributed by atoms with Crippen LogP contribution in [0, 0.1) is 6.92 Å². The Morgan fingerprint density at radius 2 is 1.90 bits per heavy atom. The Kier molecular flexibility index (Phi) is 4.80. The molecule has 1 aromatic heterocycles. The zero-order valence-corrected chi connectivity index (χ0v) is 13.1. The first-order valence-electron chi connectivity index (χ1n) is 6.61. The fraction of sp³-hybridized carbons (Fsp3) is 0.267. The SMILES string of the molecule is Cc1cc(/C(N)=N/O)nc(Sc2ccc(C(C)C)cc2)n1. The molecular weight excluding hydrogens is 284 g/mol. The minimum atomic E-state index is -0.0162. The van der Waals surface area contributed by atoms with Gasteiger partial charge >= 0.3 is 0 Å². The van der Waals surface area contributed by atoms with Crippen LogP contribution in [0.5, 0.6) is 0 Å². The summed E-state index contributed by atoms with van der Waals surface area (Å²) in [4.78, 5) is 9.71. The standard InChI is InChI=1S/C15H18N4OS/c1-9(2)11-4-6-12(7-5-11)21-15-17-10(3)8-13(18-15)14(16)19-20/h4-9,20H,1-3H3,(H2,16,19). The summed E-state index contributed by atoms with van der Waals surface area (Å²) in [5.41, 5.74) is 8.07. The first kappa shape index (κ1) is 15.3. The molecule has 3 N–H and O–H groups in total. The third kappa shape index (κ3) is 3.95. The van der Waals surface area contributed by atoms with Gasteiger partial charge in [-0.15, -0.1) is 0 Å². The molecule has 0 radical (unpaired) electrons. The third-order valence-corrected chi connectivity index (χ3v) is 3.83. The Morgan fingerprint density at radius 1 is 1.24 bits per heavy atom. The van der Waals surface area contributed by atoms with E-state index in [-0.39, 0.29) is 5.84 Å². The first-order valence-corrected chi connectivity index (χ1v) is 7.42. The molecule has 1 heterocycles. The van der Waals surface area contributed by atoms with Crippen LogP contribution in [0.4, 0.5) is 0 Å². The Bertz CT molecular complexity index is 653. The highest BCUT2D eigenvalue weighted by Gasteiger charge is 2.08. The Morgan fingerprint density at radius 3 is 2.48 bits per heavy atom. The molecule has 0 unspecified atom stereocenters. The van der Waals surface area contributed by atoms with Crippen LogP contribution in [0.2, 0.25) is 0 Å². The average Bonchev–Trinajstić information content (AvgIpc) is 2.46. The molecule has 0 aliphatic heterocycles. The maximum absolute atomic E-state index is 8.74. The lowest BCUT2D eigenvalue weighted by molar-refractivity contribution is 0.318. The van der Waals surface area contributed by atoms with Crippen LogP contribution in [-0.2, 0) is 0 Å². The van der Waals surface area contributed by atoms with Crippen LogP contribution in [0.1, 0.15) is 36.7 Å². The van der Waals surface area contributed by atoms with Gasteiger partial charge in [0.25, 0.3) is 0 Å². The van der Waals surface area contributed by atoms with Crippen LogP contribution >= 0.6 is 11.8 Å². The van der Waals surface area contributed by atoms with Crippen molar-refractivity contribution in [3.63, 3.8) is 0 Å². The maximum atomic E-state index is 8.74. The number of hydrogen-bond acceptors (Lipinski definition) is 5. The zero-order valence-electron chi connectivity index (χ0n) is 12.2. The van der Waals surface area contributed by atoms with E-state index in [4.69, 9.17) is 10.9 Å². The van der Waals surface area contributed by atoms with E-state index in [1.54, 1.807) is 6.07 Å². The summed E-state index contributed by atoms with van der Waals surface area (Å²) in [6.07, 6.45) is 0. The summed E-state index contributed by atoms with van der Waals surface area (Å²) >= 11 is 1.45. The van der Waals surface area contributed by atoms with Crippen LogP contribution < -0.4 is 5.73 Å².